The van der Waals surface area contributed by atoms with Gasteiger partial charge in [0.2, 0.25) is 0 Å². The molecule has 7 nitrogen and oxygen atoms in total. The summed E-state index contributed by atoms with van der Waals surface area (Å²) in [6.45, 7) is 20.2. The van der Waals surface area contributed by atoms with E-state index in [1.54, 1.807) is 17.5 Å². The number of hydrogen-bond donors (Lipinski definition) is 0. The summed E-state index contributed by atoms with van der Waals surface area (Å²) in [5.74, 6) is 2.13. The lowest BCUT2D eigenvalue weighted by Gasteiger charge is -2.73. The summed E-state index contributed by atoms with van der Waals surface area (Å²) in [5.41, 5.74) is 6.95. The Morgan fingerprint density at radius 2 is 1.58 bits per heavy atom. The van der Waals surface area contributed by atoms with Crippen LogP contribution in [0.25, 0.3) is 17.0 Å². The standard InChI is InChI=1S/C52H62N4O3S/c1-33(2)36-21-26-52(56(31-42(57)40-14-10-12-30-54-40)47-55-41(32-60-47)39-13-9-11-29-53-39)28-27-50(6)38(45(36)52)19-20-44-49(5)24-22-37(34-15-17-35(18-16-34)46(58)59-8)48(3,4)43(49)23-25-51(44,50)7/h9-18,22,29-30,32,36,38,43-45H,1,19-21,23-28,31H2,2-8H3/t36-,38+,43?,44?,45?,49-,50+,51+,52-/m0/s1. The Morgan fingerprint density at radius 3 is 2.27 bits per heavy atom. The van der Waals surface area contributed by atoms with Gasteiger partial charge in [0, 0.05) is 23.3 Å². The lowest BCUT2D eigenvalue weighted by Crippen LogP contribution is -2.68. The zero-order valence-electron chi connectivity index (χ0n) is 36.7. The molecule has 314 valence electrons. The Balaban J connectivity index is 1.08. The molecule has 8 heteroatoms. The molecule has 4 saturated carbocycles. The number of carbonyl (C=O) groups excluding carboxylic acids is 2. The van der Waals surface area contributed by atoms with E-state index in [2.05, 4.69) is 86.6 Å². The number of aromatic nitrogens is 3. The van der Waals surface area contributed by atoms with Crippen LogP contribution in [0.4, 0.5) is 5.13 Å². The lowest BCUT2D eigenvalue weighted by molar-refractivity contribution is -0.217. The van der Waals surface area contributed by atoms with Crippen LogP contribution in [0.3, 0.4) is 0 Å². The maximum Gasteiger partial charge on any atom is 0.337 e. The van der Waals surface area contributed by atoms with E-state index in [1.165, 1.54) is 49.5 Å². The Labute approximate surface area is 361 Å². The predicted molar refractivity (Wildman–Crippen MR) is 242 cm³/mol. The molecule has 9 atom stereocenters. The Bertz CT molecular complexity index is 2320. The number of rotatable bonds is 9. The molecule has 1 aromatic carbocycles. The van der Waals surface area contributed by atoms with Gasteiger partial charge in [-0.1, -0.05) is 77.1 Å². The van der Waals surface area contributed by atoms with Gasteiger partial charge in [-0.15, -0.1) is 11.3 Å². The van der Waals surface area contributed by atoms with E-state index in [-0.39, 0.29) is 45.5 Å². The Kier molecular flexibility index (Phi) is 10.2. The number of fused-ring (bicyclic) bond motifs is 7. The fourth-order valence-corrected chi connectivity index (χ4v) is 15.7. The molecule has 3 aromatic heterocycles. The number of anilines is 1. The molecular weight excluding hydrogens is 761 g/mol. The van der Waals surface area contributed by atoms with Gasteiger partial charge in [-0.05, 0) is 163 Å². The number of ketones is 1. The van der Waals surface area contributed by atoms with Crippen molar-refractivity contribution in [3.63, 3.8) is 0 Å². The van der Waals surface area contributed by atoms with Crippen molar-refractivity contribution in [1.29, 1.82) is 0 Å². The van der Waals surface area contributed by atoms with E-state index in [4.69, 9.17) is 9.72 Å². The summed E-state index contributed by atoms with van der Waals surface area (Å²) in [7, 11) is 1.44. The molecule has 3 unspecified atom stereocenters. The van der Waals surface area contributed by atoms with Crippen LogP contribution >= 0.6 is 11.3 Å². The van der Waals surface area contributed by atoms with Gasteiger partial charge >= 0.3 is 5.97 Å². The number of ether oxygens (including phenoxy) is 1. The van der Waals surface area contributed by atoms with Crippen LogP contribution in [0.15, 0.2) is 96.7 Å². The minimum Gasteiger partial charge on any atom is -0.465 e. The first-order valence-electron chi connectivity index (χ1n) is 22.3. The fraction of sp³-hybridized carbons (Fsp3) is 0.519. The van der Waals surface area contributed by atoms with Gasteiger partial charge in [-0.2, -0.15) is 0 Å². The molecule has 0 radical (unpaired) electrons. The van der Waals surface area contributed by atoms with Gasteiger partial charge in [0.25, 0.3) is 0 Å². The maximum absolute atomic E-state index is 14.3. The highest BCUT2D eigenvalue weighted by atomic mass is 32.1. The summed E-state index contributed by atoms with van der Waals surface area (Å²) < 4.78 is 5.00. The number of allylic oxidation sites excluding steroid dienone is 3. The summed E-state index contributed by atoms with van der Waals surface area (Å²) in [4.78, 5) is 43.5. The van der Waals surface area contributed by atoms with E-state index >= 15 is 0 Å². The summed E-state index contributed by atoms with van der Waals surface area (Å²) >= 11 is 1.65. The quantitative estimate of drug-likeness (QED) is 0.0944. The second-order valence-corrected chi connectivity index (χ2v) is 21.2. The number of carbonyl (C=O) groups is 2. The van der Waals surface area contributed by atoms with Crippen molar-refractivity contribution in [2.75, 3.05) is 18.6 Å². The molecule has 4 aromatic rings. The SMILES string of the molecule is C=C(C)[C@@H]1CC[C@]2(N(CC(=O)c3ccccn3)c3nc(-c4ccccn4)cs3)CC[C@]3(C)[C@H](CCC4[C@@]5(C)CC=C(c6ccc(C(=O)OC)cc6)C(C)(C)C5CC[C@]43C)C12. The molecule has 60 heavy (non-hydrogen) atoms. The van der Waals surface area contributed by atoms with Crippen molar-refractivity contribution < 1.29 is 14.3 Å². The molecule has 0 aliphatic heterocycles. The molecule has 0 saturated heterocycles. The average molecular weight is 823 g/mol. The zero-order valence-corrected chi connectivity index (χ0v) is 37.5. The van der Waals surface area contributed by atoms with Gasteiger partial charge in [0.05, 0.1) is 24.9 Å². The number of pyridine rings is 2. The summed E-state index contributed by atoms with van der Waals surface area (Å²) in [5, 5.41) is 3.03. The number of methoxy groups -OCH3 is 1. The summed E-state index contributed by atoms with van der Waals surface area (Å²) in [6.07, 6.45) is 16.3. The normalized spacial score (nSPS) is 33.9. The summed E-state index contributed by atoms with van der Waals surface area (Å²) in [6, 6.07) is 19.7. The first kappa shape index (κ1) is 40.9. The molecule has 5 aliphatic rings. The van der Waals surface area contributed by atoms with E-state index in [0.29, 0.717) is 40.8 Å². The van der Waals surface area contributed by atoms with Crippen LogP contribution in [0.5, 0.6) is 0 Å². The van der Waals surface area contributed by atoms with Crippen molar-refractivity contribution in [2.45, 2.75) is 105 Å². The molecule has 0 N–H and O–H groups in total. The second-order valence-electron chi connectivity index (χ2n) is 20.4. The van der Waals surface area contributed by atoms with Crippen LogP contribution in [0.2, 0.25) is 0 Å². The van der Waals surface area contributed by atoms with Crippen LogP contribution in [-0.4, -0.2) is 45.9 Å². The fourth-order valence-electron chi connectivity index (χ4n) is 14.8. The molecule has 0 spiro atoms. The molecule has 9 rings (SSSR count). The zero-order chi connectivity index (χ0) is 42.2. The number of thiazole rings is 1. The monoisotopic (exact) mass is 822 g/mol. The van der Waals surface area contributed by atoms with E-state index in [0.717, 1.165) is 48.6 Å². The smallest absolute Gasteiger partial charge is 0.337 e. The number of esters is 1. The lowest BCUT2D eigenvalue weighted by atomic mass is 9.33. The van der Waals surface area contributed by atoms with Gasteiger partial charge in [-0.25, -0.2) is 9.78 Å². The molecule has 3 heterocycles. The van der Waals surface area contributed by atoms with Crippen molar-refractivity contribution >= 4 is 33.8 Å². The third-order valence-corrected chi connectivity index (χ3v) is 18.5. The van der Waals surface area contributed by atoms with Gasteiger partial charge in [0.1, 0.15) is 11.4 Å². The molecule has 5 aliphatic carbocycles. The third kappa shape index (κ3) is 6.12. The van der Waals surface area contributed by atoms with E-state index < -0.39 is 0 Å². The van der Waals surface area contributed by atoms with E-state index in [9.17, 15) is 9.59 Å². The molecule has 4 fully saturated rings. The highest BCUT2D eigenvalue weighted by Gasteiger charge is 2.71. The number of benzene rings is 1. The van der Waals surface area contributed by atoms with Gasteiger partial charge in [0.15, 0.2) is 10.9 Å². The Hall–Kier alpha value is -4.43. The minimum absolute atomic E-state index is 0.0143. The first-order valence-corrected chi connectivity index (χ1v) is 23.2. The number of Topliss-reactive ketones (excluding diaryl/α,β-unsaturated/α-hetero) is 1. The van der Waals surface area contributed by atoms with E-state index in [1.807, 2.05) is 54.7 Å². The van der Waals surface area contributed by atoms with Crippen molar-refractivity contribution in [3.8, 4) is 11.4 Å². The number of hydrogen-bond acceptors (Lipinski definition) is 8. The number of nitrogens with zero attached hydrogens (tertiary/aromatic N) is 4. The topological polar surface area (TPSA) is 85.3 Å². The highest BCUT2D eigenvalue weighted by Crippen LogP contribution is 2.77. The minimum atomic E-state index is -0.294. The predicted octanol–water partition coefficient (Wildman–Crippen LogP) is 12.2. The van der Waals surface area contributed by atoms with Crippen LogP contribution in [0, 0.1) is 51.2 Å². The van der Waals surface area contributed by atoms with Crippen molar-refractivity contribution in [1.82, 2.24) is 15.0 Å². The van der Waals surface area contributed by atoms with Crippen LogP contribution in [-0.2, 0) is 4.74 Å². The van der Waals surface area contributed by atoms with Crippen LogP contribution in [0.1, 0.15) is 126 Å². The average Bonchev–Trinajstić information content (AvgIpc) is 3.90. The molecular formula is C52H62N4O3S. The van der Waals surface area contributed by atoms with Gasteiger partial charge < -0.3 is 9.64 Å². The molecule has 0 amide bonds. The first-order chi connectivity index (χ1) is 28.7. The maximum atomic E-state index is 14.3. The van der Waals surface area contributed by atoms with Crippen molar-refractivity contribution in [3.05, 3.63) is 113 Å². The van der Waals surface area contributed by atoms with Gasteiger partial charge in [-0.3, -0.25) is 14.8 Å². The highest BCUT2D eigenvalue weighted by molar-refractivity contribution is 7.14. The molecule has 0 bridgehead atoms. The van der Waals surface area contributed by atoms with Crippen molar-refractivity contribution in [2.24, 2.45) is 51.2 Å². The van der Waals surface area contributed by atoms with Crippen LogP contribution < -0.4 is 4.90 Å². The largest absolute Gasteiger partial charge is 0.465 e. The Morgan fingerprint density at radius 1 is 0.833 bits per heavy atom. The second kappa shape index (κ2) is 14.9. The third-order valence-electron chi connectivity index (χ3n) is 17.7.